The van der Waals surface area contributed by atoms with E-state index in [4.69, 9.17) is 9.66 Å². The summed E-state index contributed by atoms with van der Waals surface area (Å²) in [6, 6.07) is 10.8. The monoisotopic (exact) mass is 463 g/mol. The van der Waals surface area contributed by atoms with Crippen LogP contribution in [-0.4, -0.2) is 28.8 Å². The van der Waals surface area contributed by atoms with E-state index >= 15 is 0 Å². The van der Waals surface area contributed by atoms with Crippen molar-refractivity contribution in [3.8, 4) is 22.8 Å². The minimum atomic E-state index is -4.38. The molecule has 0 aliphatic rings. The van der Waals surface area contributed by atoms with Crippen LogP contribution in [0.15, 0.2) is 64.1 Å². The second-order valence-electron chi connectivity index (χ2n) is 6.95. The van der Waals surface area contributed by atoms with E-state index in [-0.39, 0.29) is 16.6 Å². The van der Waals surface area contributed by atoms with E-state index in [1.807, 2.05) is 0 Å². The van der Waals surface area contributed by atoms with Crippen LogP contribution < -0.4 is 5.14 Å². The Morgan fingerprint density at radius 3 is 2.50 bits per heavy atom. The second kappa shape index (κ2) is 8.20. The van der Waals surface area contributed by atoms with Gasteiger partial charge in [0, 0.05) is 11.3 Å². The quantitative estimate of drug-likeness (QED) is 0.450. The highest BCUT2D eigenvalue weighted by atomic mass is 32.2. The van der Waals surface area contributed by atoms with Gasteiger partial charge in [-0.15, -0.1) is 0 Å². The van der Waals surface area contributed by atoms with Crippen LogP contribution in [0.4, 0.5) is 13.2 Å². The Morgan fingerprint density at radius 1 is 1.06 bits per heavy atom. The zero-order chi connectivity index (χ0) is 22.9. The molecule has 0 aliphatic carbocycles. The highest BCUT2D eigenvalue weighted by molar-refractivity contribution is 7.89. The molecule has 0 amide bonds. The van der Waals surface area contributed by atoms with Gasteiger partial charge in [0.25, 0.3) is 5.89 Å². The predicted octanol–water partition coefficient (Wildman–Crippen LogP) is 3.58. The van der Waals surface area contributed by atoms with Crippen LogP contribution >= 0.6 is 0 Å². The van der Waals surface area contributed by atoms with E-state index in [2.05, 4.69) is 20.3 Å². The molecule has 166 valence electrons. The number of rotatable bonds is 6. The number of aromatic amines is 1. The Morgan fingerprint density at radius 2 is 1.81 bits per heavy atom. The van der Waals surface area contributed by atoms with Crippen LogP contribution in [0.3, 0.4) is 0 Å². The van der Waals surface area contributed by atoms with Gasteiger partial charge in [0.1, 0.15) is 0 Å². The molecule has 0 unspecified atom stereocenters. The molecule has 2 heterocycles. The molecule has 0 spiro atoms. The highest BCUT2D eigenvalue weighted by Gasteiger charge is 2.29. The average Bonchev–Trinajstić information content (AvgIpc) is 3.41. The fourth-order valence-electron chi connectivity index (χ4n) is 3.08. The molecule has 12 heteroatoms. The van der Waals surface area contributed by atoms with E-state index in [0.29, 0.717) is 29.7 Å². The summed E-state index contributed by atoms with van der Waals surface area (Å²) < 4.78 is 66.5. The van der Waals surface area contributed by atoms with Crippen molar-refractivity contribution in [3.05, 3.63) is 71.5 Å². The van der Waals surface area contributed by atoms with E-state index in [1.54, 1.807) is 6.07 Å². The number of aromatic nitrogens is 4. The number of H-pyrrole nitrogens is 1. The summed E-state index contributed by atoms with van der Waals surface area (Å²) in [6.07, 6.45) is -1.97. The van der Waals surface area contributed by atoms with Gasteiger partial charge >= 0.3 is 6.18 Å². The number of sulfonamides is 1. The number of nitrogens with two attached hydrogens (primary N) is 1. The van der Waals surface area contributed by atoms with Crippen molar-refractivity contribution in [2.75, 3.05) is 0 Å². The van der Waals surface area contributed by atoms with Crippen molar-refractivity contribution in [1.29, 1.82) is 0 Å². The predicted molar refractivity (Wildman–Crippen MR) is 108 cm³/mol. The van der Waals surface area contributed by atoms with Gasteiger partial charge < -0.3 is 4.52 Å². The first-order chi connectivity index (χ1) is 15.1. The van der Waals surface area contributed by atoms with Crippen molar-refractivity contribution >= 4 is 10.0 Å². The first kappa shape index (κ1) is 21.7. The SMILES string of the molecule is NS(=O)(=O)c1cccc(-c2noc(-c3cn[nH]c3CCc3ccc(C(F)(F)F)cc3)n2)c1. The molecule has 0 fully saturated rings. The molecular weight excluding hydrogens is 447 g/mol. The molecule has 0 saturated carbocycles. The van der Waals surface area contributed by atoms with Gasteiger partial charge in [0.15, 0.2) is 0 Å². The van der Waals surface area contributed by atoms with Gasteiger partial charge in [-0.05, 0) is 42.7 Å². The molecule has 0 saturated heterocycles. The topological polar surface area (TPSA) is 128 Å². The summed E-state index contributed by atoms with van der Waals surface area (Å²) in [5.74, 6) is 0.331. The van der Waals surface area contributed by atoms with Gasteiger partial charge in [0.2, 0.25) is 15.8 Å². The normalized spacial score (nSPS) is 12.2. The minimum Gasteiger partial charge on any atom is -0.333 e. The Balaban J connectivity index is 1.52. The molecule has 4 rings (SSSR count). The van der Waals surface area contributed by atoms with E-state index in [9.17, 15) is 21.6 Å². The number of hydrogen-bond donors (Lipinski definition) is 2. The molecular formula is C20H16F3N5O3S. The molecule has 3 N–H and O–H groups in total. The summed E-state index contributed by atoms with van der Waals surface area (Å²) in [6.45, 7) is 0. The first-order valence-corrected chi connectivity index (χ1v) is 10.8. The van der Waals surface area contributed by atoms with Crippen molar-refractivity contribution in [3.63, 3.8) is 0 Å². The number of alkyl halides is 3. The van der Waals surface area contributed by atoms with Crippen molar-refractivity contribution in [1.82, 2.24) is 20.3 Å². The Hall–Kier alpha value is -3.51. The lowest BCUT2D eigenvalue weighted by molar-refractivity contribution is -0.137. The summed E-state index contributed by atoms with van der Waals surface area (Å²) in [4.78, 5) is 4.22. The fourth-order valence-corrected chi connectivity index (χ4v) is 3.64. The lowest BCUT2D eigenvalue weighted by atomic mass is 10.0. The Kier molecular flexibility index (Phi) is 5.57. The molecule has 4 aromatic rings. The largest absolute Gasteiger partial charge is 0.416 e. The van der Waals surface area contributed by atoms with Crippen LogP contribution in [0.5, 0.6) is 0 Å². The smallest absolute Gasteiger partial charge is 0.333 e. The third kappa shape index (κ3) is 4.70. The summed E-state index contributed by atoms with van der Waals surface area (Å²) in [5, 5.41) is 15.9. The minimum absolute atomic E-state index is 0.0816. The van der Waals surface area contributed by atoms with Crippen LogP contribution in [0.25, 0.3) is 22.8 Å². The molecule has 0 aliphatic heterocycles. The number of hydrogen-bond acceptors (Lipinski definition) is 6. The number of nitrogens with zero attached hydrogens (tertiary/aromatic N) is 3. The lowest BCUT2D eigenvalue weighted by Gasteiger charge is -2.07. The number of aryl methyl sites for hydroxylation is 2. The second-order valence-corrected chi connectivity index (χ2v) is 8.51. The number of primary sulfonamides is 1. The molecule has 0 atom stereocenters. The third-order valence-electron chi connectivity index (χ3n) is 4.74. The lowest BCUT2D eigenvalue weighted by Crippen LogP contribution is -2.11. The first-order valence-electron chi connectivity index (χ1n) is 9.27. The Labute approximate surface area is 180 Å². The zero-order valence-electron chi connectivity index (χ0n) is 16.3. The highest BCUT2D eigenvalue weighted by Crippen LogP contribution is 2.30. The van der Waals surface area contributed by atoms with Crippen molar-refractivity contribution in [2.45, 2.75) is 23.9 Å². The summed E-state index contributed by atoms with van der Waals surface area (Å²) in [7, 11) is -3.88. The van der Waals surface area contributed by atoms with Crippen molar-refractivity contribution in [2.24, 2.45) is 5.14 Å². The van der Waals surface area contributed by atoms with Gasteiger partial charge in [-0.1, -0.05) is 29.4 Å². The third-order valence-corrected chi connectivity index (χ3v) is 5.65. The number of halogens is 3. The Bertz CT molecular complexity index is 1350. The molecule has 0 bridgehead atoms. The average molecular weight is 463 g/mol. The maximum absolute atomic E-state index is 12.7. The van der Waals surface area contributed by atoms with Gasteiger partial charge in [-0.3, -0.25) is 5.10 Å². The van der Waals surface area contributed by atoms with Gasteiger partial charge in [0.05, 0.1) is 22.2 Å². The van der Waals surface area contributed by atoms with Gasteiger partial charge in [-0.25, -0.2) is 13.6 Å². The van der Waals surface area contributed by atoms with E-state index in [1.165, 1.54) is 36.5 Å². The van der Waals surface area contributed by atoms with Crippen LogP contribution in [-0.2, 0) is 29.0 Å². The standard InChI is InChI=1S/C20H16F3N5O3S/c21-20(22,23)14-7-4-12(5-8-14)6-9-17-16(11-25-27-17)19-26-18(28-31-19)13-2-1-3-15(10-13)32(24,29)30/h1-5,7-8,10-11H,6,9H2,(H,25,27)(H2,24,29,30). The summed E-state index contributed by atoms with van der Waals surface area (Å²) >= 11 is 0. The maximum atomic E-state index is 12.7. The van der Waals surface area contributed by atoms with E-state index < -0.39 is 21.8 Å². The van der Waals surface area contributed by atoms with Gasteiger partial charge in [-0.2, -0.15) is 23.3 Å². The van der Waals surface area contributed by atoms with Crippen molar-refractivity contribution < 1.29 is 26.1 Å². The van der Waals surface area contributed by atoms with E-state index in [0.717, 1.165) is 17.7 Å². The molecule has 8 nitrogen and oxygen atoms in total. The molecule has 0 radical (unpaired) electrons. The molecule has 2 aromatic heterocycles. The molecule has 32 heavy (non-hydrogen) atoms. The van der Waals surface area contributed by atoms with Crippen LogP contribution in [0, 0.1) is 0 Å². The number of nitrogens with one attached hydrogen (secondary N) is 1. The zero-order valence-corrected chi connectivity index (χ0v) is 17.1. The maximum Gasteiger partial charge on any atom is 0.416 e. The molecule has 2 aromatic carbocycles. The van der Waals surface area contributed by atoms with Crippen LogP contribution in [0.2, 0.25) is 0 Å². The fraction of sp³-hybridized carbons (Fsp3) is 0.150. The van der Waals surface area contributed by atoms with Crippen LogP contribution in [0.1, 0.15) is 16.8 Å². The number of benzene rings is 2. The summed E-state index contributed by atoms with van der Waals surface area (Å²) in [5.41, 5.74) is 1.64.